The van der Waals surface area contributed by atoms with E-state index in [0.717, 1.165) is 15.6 Å². The van der Waals surface area contributed by atoms with Gasteiger partial charge in [-0.2, -0.15) is 4.99 Å². The Morgan fingerprint density at radius 1 is 1.27 bits per heavy atom. The summed E-state index contributed by atoms with van der Waals surface area (Å²) in [4.78, 5) is 19.1. The maximum absolute atomic E-state index is 12.9. The molecule has 2 aromatic carbocycles. The molecule has 0 aliphatic rings. The summed E-state index contributed by atoms with van der Waals surface area (Å²) in [5, 5.41) is 0.813. The van der Waals surface area contributed by atoms with E-state index in [-0.39, 0.29) is 5.76 Å². The van der Waals surface area contributed by atoms with Gasteiger partial charge in [-0.25, -0.2) is 0 Å². The molecule has 0 aliphatic heterocycles. The van der Waals surface area contributed by atoms with Gasteiger partial charge in [0.2, 0.25) is 0 Å². The molecule has 0 N–H and O–H groups in total. The molecule has 8 heteroatoms. The molecule has 0 spiro atoms. The SMILES string of the molecule is CCOc1cccc2cc(C(=O)N=c3sc4cc(SC)ccc4n3CCOC)oc12. The number of methoxy groups -OCH3 is 1. The number of fused-ring (bicyclic) bond motifs is 2. The maximum Gasteiger partial charge on any atom is 0.315 e. The van der Waals surface area contributed by atoms with Crippen LogP contribution in [0.15, 0.2) is 56.8 Å². The van der Waals surface area contributed by atoms with Crippen LogP contribution in [-0.4, -0.2) is 37.1 Å². The summed E-state index contributed by atoms with van der Waals surface area (Å²) < 4.78 is 19.8. The number of carbonyl (C=O) groups excluding carboxylic acids is 1. The largest absolute Gasteiger partial charge is 0.490 e. The number of hydrogen-bond donors (Lipinski definition) is 0. The number of furan rings is 1. The molecule has 0 radical (unpaired) electrons. The molecular formula is C22H22N2O4S2. The predicted octanol–water partition coefficient (Wildman–Crippen LogP) is 4.96. The van der Waals surface area contributed by atoms with Crippen LogP contribution >= 0.6 is 23.1 Å². The van der Waals surface area contributed by atoms with E-state index in [1.165, 1.54) is 16.2 Å². The lowest BCUT2D eigenvalue weighted by Gasteiger charge is -2.04. The molecule has 30 heavy (non-hydrogen) atoms. The number of para-hydroxylation sites is 1. The van der Waals surface area contributed by atoms with Gasteiger partial charge in [0, 0.05) is 23.9 Å². The van der Waals surface area contributed by atoms with E-state index in [2.05, 4.69) is 23.2 Å². The van der Waals surface area contributed by atoms with Crippen LogP contribution in [0.25, 0.3) is 21.2 Å². The van der Waals surface area contributed by atoms with Gasteiger partial charge in [0.1, 0.15) is 0 Å². The molecule has 0 aliphatic carbocycles. The average molecular weight is 443 g/mol. The lowest BCUT2D eigenvalue weighted by molar-refractivity contribution is 0.0973. The summed E-state index contributed by atoms with van der Waals surface area (Å²) in [7, 11) is 1.66. The van der Waals surface area contributed by atoms with Crippen LogP contribution in [0.4, 0.5) is 0 Å². The second-order valence-electron chi connectivity index (χ2n) is 6.50. The van der Waals surface area contributed by atoms with Crippen LogP contribution in [0.2, 0.25) is 0 Å². The summed E-state index contributed by atoms with van der Waals surface area (Å²) in [5.74, 6) is 0.393. The zero-order valence-electron chi connectivity index (χ0n) is 17.0. The Kier molecular flexibility index (Phi) is 6.26. The monoisotopic (exact) mass is 442 g/mol. The van der Waals surface area contributed by atoms with Crippen LogP contribution in [0.1, 0.15) is 17.5 Å². The number of hydrogen-bond acceptors (Lipinski definition) is 6. The minimum absolute atomic E-state index is 0.192. The zero-order valence-corrected chi connectivity index (χ0v) is 18.6. The Hall–Kier alpha value is -2.55. The van der Waals surface area contributed by atoms with Gasteiger partial charge < -0.3 is 18.5 Å². The summed E-state index contributed by atoms with van der Waals surface area (Å²) in [6.45, 7) is 3.56. The Morgan fingerprint density at radius 2 is 2.13 bits per heavy atom. The average Bonchev–Trinajstić information content (AvgIpc) is 3.34. The zero-order chi connectivity index (χ0) is 21.1. The Labute approximate surface area is 182 Å². The van der Waals surface area contributed by atoms with E-state index in [0.29, 0.717) is 35.9 Å². The standard InChI is InChI=1S/C22H22N2O4S2/c1-4-27-17-7-5-6-14-12-18(28-20(14)17)21(25)23-22-24(10-11-26-2)16-9-8-15(29-3)13-19(16)30-22/h5-9,12-13H,4,10-11H2,1-3H3. The number of aromatic nitrogens is 1. The fourth-order valence-electron chi connectivity index (χ4n) is 3.22. The third-order valence-electron chi connectivity index (χ3n) is 4.62. The number of nitrogens with zero attached hydrogens (tertiary/aromatic N) is 2. The normalized spacial score (nSPS) is 12.2. The Balaban J connectivity index is 1.79. The van der Waals surface area contributed by atoms with Crippen LogP contribution in [-0.2, 0) is 11.3 Å². The molecule has 0 saturated heterocycles. The van der Waals surface area contributed by atoms with Crippen molar-refractivity contribution in [3.63, 3.8) is 0 Å². The Morgan fingerprint density at radius 3 is 2.90 bits per heavy atom. The van der Waals surface area contributed by atoms with Gasteiger partial charge in [-0.1, -0.05) is 23.5 Å². The molecule has 6 nitrogen and oxygen atoms in total. The van der Waals surface area contributed by atoms with Crippen molar-refractivity contribution >= 4 is 50.2 Å². The second kappa shape index (κ2) is 9.07. The maximum atomic E-state index is 12.9. The van der Waals surface area contributed by atoms with E-state index in [1.54, 1.807) is 24.9 Å². The smallest absolute Gasteiger partial charge is 0.315 e. The van der Waals surface area contributed by atoms with Gasteiger partial charge in [-0.15, -0.1) is 11.8 Å². The first-order valence-corrected chi connectivity index (χ1v) is 11.6. The number of ether oxygens (including phenoxy) is 2. The molecular weight excluding hydrogens is 420 g/mol. The minimum Gasteiger partial charge on any atom is -0.490 e. The summed E-state index contributed by atoms with van der Waals surface area (Å²) in [6, 6.07) is 13.6. The summed E-state index contributed by atoms with van der Waals surface area (Å²) in [5.41, 5.74) is 1.59. The predicted molar refractivity (Wildman–Crippen MR) is 121 cm³/mol. The van der Waals surface area contributed by atoms with Gasteiger partial charge >= 0.3 is 5.91 Å². The first-order chi connectivity index (χ1) is 14.6. The third kappa shape index (κ3) is 4.03. The van der Waals surface area contributed by atoms with E-state index in [1.807, 2.05) is 35.9 Å². The fourth-order valence-corrected chi connectivity index (χ4v) is 4.83. The number of thioether (sulfide) groups is 1. The number of thiazole rings is 1. The molecule has 0 fully saturated rings. The molecule has 1 amide bonds. The van der Waals surface area contributed by atoms with Crippen molar-refractivity contribution in [2.45, 2.75) is 18.4 Å². The van der Waals surface area contributed by atoms with Crippen LogP contribution in [0.5, 0.6) is 5.75 Å². The fraction of sp³-hybridized carbons (Fsp3) is 0.273. The molecule has 0 unspecified atom stereocenters. The van der Waals surface area contributed by atoms with Crippen molar-refractivity contribution in [2.24, 2.45) is 4.99 Å². The first-order valence-electron chi connectivity index (χ1n) is 9.55. The van der Waals surface area contributed by atoms with Crippen molar-refractivity contribution < 1.29 is 18.7 Å². The van der Waals surface area contributed by atoms with E-state index in [9.17, 15) is 4.79 Å². The summed E-state index contributed by atoms with van der Waals surface area (Å²) >= 11 is 3.17. The number of benzene rings is 2. The van der Waals surface area contributed by atoms with Crippen LogP contribution in [0.3, 0.4) is 0 Å². The van der Waals surface area contributed by atoms with Gasteiger partial charge in [0.15, 0.2) is 21.9 Å². The first kappa shape index (κ1) is 20.7. The molecule has 0 saturated carbocycles. The van der Waals surface area contributed by atoms with Gasteiger partial charge in [0.05, 0.1) is 23.4 Å². The molecule has 0 bridgehead atoms. The quantitative estimate of drug-likeness (QED) is 0.379. The van der Waals surface area contributed by atoms with Crippen molar-refractivity contribution in [3.05, 3.63) is 53.0 Å². The minimum atomic E-state index is -0.420. The van der Waals surface area contributed by atoms with E-state index >= 15 is 0 Å². The topological polar surface area (TPSA) is 66.0 Å². The van der Waals surface area contributed by atoms with Gasteiger partial charge in [-0.3, -0.25) is 4.79 Å². The molecule has 2 aromatic heterocycles. The Bertz CT molecular complexity index is 1270. The molecule has 2 heterocycles. The van der Waals surface area contributed by atoms with Crippen LogP contribution in [0, 0.1) is 0 Å². The molecule has 0 atom stereocenters. The highest BCUT2D eigenvalue weighted by Crippen LogP contribution is 2.29. The lowest BCUT2D eigenvalue weighted by Crippen LogP contribution is -2.19. The highest BCUT2D eigenvalue weighted by molar-refractivity contribution is 7.98. The molecule has 4 aromatic rings. The molecule has 4 rings (SSSR count). The number of rotatable bonds is 7. The molecule has 156 valence electrons. The van der Waals surface area contributed by atoms with Crippen molar-refractivity contribution in [1.82, 2.24) is 4.57 Å². The number of amides is 1. The van der Waals surface area contributed by atoms with Gasteiger partial charge in [0.25, 0.3) is 0 Å². The highest BCUT2D eigenvalue weighted by Gasteiger charge is 2.16. The van der Waals surface area contributed by atoms with Crippen LogP contribution < -0.4 is 9.54 Å². The number of carbonyl (C=O) groups is 1. The third-order valence-corrected chi connectivity index (χ3v) is 6.39. The van der Waals surface area contributed by atoms with Crippen molar-refractivity contribution in [3.8, 4) is 5.75 Å². The van der Waals surface area contributed by atoms with Crippen molar-refractivity contribution in [2.75, 3.05) is 26.6 Å². The van der Waals surface area contributed by atoms with Crippen molar-refractivity contribution in [1.29, 1.82) is 0 Å². The second-order valence-corrected chi connectivity index (χ2v) is 8.39. The lowest BCUT2D eigenvalue weighted by atomic mass is 10.2. The van der Waals surface area contributed by atoms with E-state index < -0.39 is 5.91 Å². The highest BCUT2D eigenvalue weighted by atomic mass is 32.2. The summed E-state index contributed by atoms with van der Waals surface area (Å²) in [6.07, 6.45) is 2.04. The van der Waals surface area contributed by atoms with Gasteiger partial charge in [-0.05, 0) is 43.5 Å². The van der Waals surface area contributed by atoms with E-state index in [4.69, 9.17) is 13.9 Å².